The first kappa shape index (κ1) is 14.1. The van der Waals surface area contributed by atoms with Crippen molar-refractivity contribution in [1.82, 2.24) is 0 Å². The first-order valence-corrected chi connectivity index (χ1v) is 7.32. The van der Waals surface area contributed by atoms with E-state index in [0.717, 1.165) is 15.7 Å². The molecule has 0 fully saturated rings. The van der Waals surface area contributed by atoms with Crippen LogP contribution in [0.2, 0.25) is 0 Å². The van der Waals surface area contributed by atoms with Gasteiger partial charge in [-0.05, 0) is 65.8 Å². The molecule has 1 amide bonds. The van der Waals surface area contributed by atoms with Crippen LogP contribution < -0.4 is 5.32 Å². The number of hydrogen-bond donors (Lipinski definition) is 1. The number of carbonyl (C=O) groups excluding carboxylic acids is 1. The van der Waals surface area contributed by atoms with Gasteiger partial charge in [-0.3, -0.25) is 4.79 Å². The van der Waals surface area contributed by atoms with Gasteiger partial charge in [0.2, 0.25) is 5.91 Å². The van der Waals surface area contributed by atoms with Crippen molar-refractivity contribution in [3.05, 3.63) is 63.2 Å². The average Bonchev–Trinajstić information content (AvgIpc) is 2.41. The number of carbonyl (C=O) groups is 1. The fourth-order valence-corrected chi connectivity index (χ4v) is 2.13. The highest BCUT2D eigenvalue weighted by Crippen LogP contribution is 2.12. The van der Waals surface area contributed by atoms with E-state index in [1.807, 2.05) is 24.3 Å². The second kappa shape index (κ2) is 6.70. The van der Waals surface area contributed by atoms with E-state index in [4.69, 9.17) is 0 Å². The molecular formula is C16H16INO. The van der Waals surface area contributed by atoms with E-state index in [1.165, 1.54) is 11.1 Å². The lowest BCUT2D eigenvalue weighted by atomic mass is 10.1. The third kappa shape index (κ3) is 4.67. The normalized spacial score (nSPS) is 10.2. The zero-order valence-corrected chi connectivity index (χ0v) is 13.0. The summed E-state index contributed by atoms with van der Waals surface area (Å²) in [6, 6.07) is 16.1. The van der Waals surface area contributed by atoms with Gasteiger partial charge in [0.1, 0.15) is 0 Å². The minimum Gasteiger partial charge on any atom is -0.326 e. The van der Waals surface area contributed by atoms with Gasteiger partial charge in [-0.25, -0.2) is 0 Å². The van der Waals surface area contributed by atoms with E-state index in [-0.39, 0.29) is 5.91 Å². The maximum absolute atomic E-state index is 11.8. The third-order valence-corrected chi connectivity index (χ3v) is 3.61. The fraction of sp³-hybridized carbons (Fsp3) is 0.188. The molecule has 2 nitrogen and oxygen atoms in total. The first-order chi connectivity index (χ1) is 9.13. The summed E-state index contributed by atoms with van der Waals surface area (Å²) >= 11 is 2.24. The monoisotopic (exact) mass is 365 g/mol. The Morgan fingerprint density at radius 3 is 2.32 bits per heavy atom. The van der Waals surface area contributed by atoms with E-state index < -0.39 is 0 Å². The van der Waals surface area contributed by atoms with Crippen LogP contribution in [0, 0.1) is 10.5 Å². The minimum atomic E-state index is 0.0572. The highest BCUT2D eigenvalue weighted by molar-refractivity contribution is 14.1. The van der Waals surface area contributed by atoms with Gasteiger partial charge in [0.25, 0.3) is 0 Å². The molecule has 0 unspecified atom stereocenters. The fourth-order valence-electron chi connectivity index (χ4n) is 1.77. The molecule has 0 aromatic heterocycles. The first-order valence-electron chi connectivity index (χ1n) is 6.24. The number of amides is 1. The van der Waals surface area contributed by atoms with Crippen LogP contribution in [-0.2, 0) is 11.2 Å². The van der Waals surface area contributed by atoms with E-state index in [0.29, 0.717) is 6.42 Å². The summed E-state index contributed by atoms with van der Waals surface area (Å²) in [4.78, 5) is 11.8. The van der Waals surface area contributed by atoms with Crippen LogP contribution in [0.15, 0.2) is 48.5 Å². The summed E-state index contributed by atoms with van der Waals surface area (Å²) in [5.74, 6) is 0.0572. The van der Waals surface area contributed by atoms with Gasteiger partial charge in [0.15, 0.2) is 0 Å². The molecule has 2 aromatic rings. The van der Waals surface area contributed by atoms with Crippen LogP contribution in [0.25, 0.3) is 0 Å². The number of halogens is 1. The molecule has 3 heteroatoms. The second-order valence-electron chi connectivity index (χ2n) is 4.54. The number of nitrogens with one attached hydrogen (secondary N) is 1. The molecular weight excluding hydrogens is 349 g/mol. The van der Waals surface area contributed by atoms with E-state index in [2.05, 4.69) is 59.1 Å². The standard InChI is InChI=1S/C16H16INO/c1-12-2-4-13(5-3-12)6-11-16(19)18-15-9-7-14(17)8-10-15/h2-5,7-10H,6,11H2,1H3,(H,18,19). The predicted molar refractivity (Wildman–Crippen MR) is 87.3 cm³/mol. The molecule has 0 atom stereocenters. The van der Waals surface area contributed by atoms with Crippen molar-refractivity contribution in [1.29, 1.82) is 0 Å². The van der Waals surface area contributed by atoms with Crippen molar-refractivity contribution in [3.63, 3.8) is 0 Å². The Bertz CT molecular complexity index is 546. The van der Waals surface area contributed by atoms with Crippen molar-refractivity contribution >= 4 is 34.2 Å². The maximum atomic E-state index is 11.8. The lowest BCUT2D eigenvalue weighted by Crippen LogP contribution is -2.12. The molecule has 0 heterocycles. The van der Waals surface area contributed by atoms with Gasteiger partial charge in [-0.2, -0.15) is 0 Å². The predicted octanol–water partition coefficient (Wildman–Crippen LogP) is 4.17. The Kier molecular flexibility index (Phi) is 4.96. The van der Waals surface area contributed by atoms with Crippen molar-refractivity contribution < 1.29 is 4.79 Å². The van der Waals surface area contributed by atoms with Gasteiger partial charge >= 0.3 is 0 Å². The zero-order chi connectivity index (χ0) is 13.7. The molecule has 0 aliphatic rings. The molecule has 0 radical (unpaired) electrons. The summed E-state index contributed by atoms with van der Waals surface area (Å²) in [7, 11) is 0. The van der Waals surface area contributed by atoms with Crippen LogP contribution in [0.5, 0.6) is 0 Å². The van der Waals surface area contributed by atoms with Crippen molar-refractivity contribution in [2.45, 2.75) is 19.8 Å². The van der Waals surface area contributed by atoms with Gasteiger partial charge in [0, 0.05) is 15.7 Å². The van der Waals surface area contributed by atoms with Crippen LogP contribution in [0.4, 0.5) is 5.69 Å². The molecule has 0 aliphatic heterocycles. The van der Waals surface area contributed by atoms with Crippen LogP contribution in [-0.4, -0.2) is 5.91 Å². The molecule has 0 spiro atoms. The smallest absolute Gasteiger partial charge is 0.224 e. The molecule has 0 saturated heterocycles. The molecule has 1 N–H and O–H groups in total. The van der Waals surface area contributed by atoms with E-state index >= 15 is 0 Å². The highest BCUT2D eigenvalue weighted by atomic mass is 127. The van der Waals surface area contributed by atoms with Crippen molar-refractivity contribution in [2.75, 3.05) is 5.32 Å². The van der Waals surface area contributed by atoms with Crippen LogP contribution >= 0.6 is 22.6 Å². The minimum absolute atomic E-state index is 0.0572. The summed E-state index contributed by atoms with van der Waals surface area (Å²) in [6.45, 7) is 2.06. The SMILES string of the molecule is Cc1ccc(CCC(=O)Nc2ccc(I)cc2)cc1. The lowest BCUT2D eigenvalue weighted by Gasteiger charge is -2.05. The van der Waals surface area contributed by atoms with Gasteiger partial charge in [0.05, 0.1) is 0 Å². The number of rotatable bonds is 4. The van der Waals surface area contributed by atoms with E-state index in [9.17, 15) is 4.79 Å². The maximum Gasteiger partial charge on any atom is 0.224 e. The van der Waals surface area contributed by atoms with Crippen LogP contribution in [0.1, 0.15) is 17.5 Å². The quantitative estimate of drug-likeness (QED) is 0.810. The molecule has 98 valence electrons. The van der Waals surface area contributed by atoms with Crippen LogP contribution in [0.3, 0.4) is 0 Å². The zero-order valence-electron chi connectivity index (χ0n) is 10.8. The summed E-state index contributed by atoms with van der Waals surface area (Å²) in [5, 5.41) is 2.91. The molecule has 0 aliphatic carbocycles. The van der Waals surface area contributed by atoms with Gasteiger partial charge < -0.3 is 5.32 Å². The third-order valence-electron chi connectivity index (χ3n) is 2.89. The average molecular weight is 365 g/mol. The Labute approximate surface area is 127 Å². The molecule has 2 aromatic carbocycles. The lowest BCUT2D eigenvalue weighted by molar-refractivity contribution is -0.116. The Morgan fingerprint density at radius 1 is 1.05 bits per heavy atom. The highest BCUT2D eigenvalue weighted by Gasteiger charge is 2.03. The summed E-state index contributed by atoms with van der Waals surface area (Å²) in [6.07, 6.45) is 1.28. The number of hydrogen-bond acceptors (Lipinski definition) is 1. The number of aryl methyl sites for hydroxylation is 2. The topological polar surface area (TPSA) is 29.1 Å². The van der Waals surface area contributed by atoms with Gasteiger partial charge in [-0.1, -0.05) is 29.8 Å². The molecule has 0 saturated carbocycles. The Balaban J connectivity index is 1.84. The summed E-state index contributed by atoms with van der Waals surface area (Å²) in [5.41, 5.74) is 3.30. The van der Waals surface area contributed by atoms with E-state index in [1.54, 1.807) is 0 Å². The Hall–Kier alpha value is -1.36. The Morgan fingerprint density at radius 2 is 1.68 bits per heavy atom. The van der Waals surface area contributed by atoms with Crippen molar-refractivity contribution in [3.8, 4) is 0 Å². The largest absolute Gasteiger partial charge is 0.326 e. The molecule has 19 heavy (non-hydrogen) atoms. The number of benzene rings is 2. The summed E-state index contributed by atoms with van der Waals surface area (Å²) < 4.78 is 1.16. The van der Waals surface area contributed by atoms with Crippen molar-refractivity contribution in [2.24, 2.45) is 0 Å². The second-order valence-corrected chi connectivity index (χ2v) is 5.79. The molecule has 0 bridgehead atoms. The van der Waals surface area contributed by atoms with Gasteiger partial charge in [-0.15, -0.1) is 0 Å². The molecule has 2 rings (SSSR count). The number of anilines is 1.